The number of benzene rings is 1. The van der Waals surface area contributed by atoms with Gasteiger partial charge in [0.2, 0.25) is 0 Å². The Morgan fingerprint density at radius 3 is 2.88 bits per heavy atom. The number of hydrogen-bond donors (Lipinski definition) is 1. The number of rotatable bonds is 3. The Morgan fingerprint density at radius 1 is 1.47 bits per heavy atom. The van der Waals surface area contributed by atoms with Crippen molar-refractivity contribution in [3.63, 3.8) is 0 Å². The smallest absolute Gasteiger partial charge is 0.111 e. The molecule has 1 heterocycles. The number of imidazole rings is 1. The Bertz CT molecular complexity index is 552. The van der Waals surface area contributed by atoms with E-state index in [1.807, 2.05) is 0 Å². The predicted molar refractivity (Wildman–Crippen MR) is 69.9 cm³/mol. The van der Waals surface area contributed by atoms with Crippen molar-refractivity contribution in [1.29, 1.82) is 0 Å². The lowest BCUT2D eigenvalue weighted by atomic mass is 10.1. The zero-order chi connectivity index (χ0) is 12.0. The van der Waals surface area contributed by atoms with Gasteiger partial charge in [0.05, 0.1) is 11.0 Å². The van der Waals surface area contributed by atoms with Gasteiger partial charge in [-0.05, 0) is 37.3 Å². The molecule has 0 bridgehead atoms. The van der Waals surface area contributed by atoms with Gasteiger partial charge in [-0.25, -0.2) is 4.98 Å². The van der Waals surface area contributed by atoms with Crippen LogP contribution in [0.3, 0.4) is 0 Å². The SMILES string of the molecule is Cc1cccc2nc(CC(N)C3CC3)n(C)c12. The second kappa shape index (κ2) is 3.84. The van der Waals surface area contributed by atoms with Gasteiger partial charge in [0, 0.05) is 19.5 Å². The van der Waals surface area contributed by atoms with Crippen molar-refractivity contribution in [2.24, 2.45) is 18.7 Å². The first-order chi connectivity index (χ1) is 8.16. The molecule has 90 valence electrons. The van der Waals surface area contributed by atoms with Gasteiger partial charge in [-0.2, -0.15) is 0 Å². The Morgan fingerprint density at radius 2 is 2.24 bits per heavy atom. The van der Waals surface area contributed by atoms with E-state index in [-0.39, 0.29) is 6.04 Å². The summed E-state index contributed by atoms with van der Waals surface area (Å²) in [5, 5.41) is 0. The van der Waals surface area contributed by atoms with Gasteiger partial charge >= 0.3 is 0 Å². The molecular weight excluding hydrogens is 210 g/mol. The van der Waals surface area contributed by atoms with Gasteiger partial charge in [-0.3, -0.25) is 0 Å². The highest BCUT2D eigenvalue weighted by atomic mass is 15.1. The number of fused-ring (bicyclic) bond motifs is 1. The second-order valence-corrected chi connectivity index (χ2v) is 5.24. The molecule has 3 rings (SSSR count). The largest absolute Gasteiger partial charge is 0.331 e. The van der Waals surface area contributed by atoms with Gasteiger partial charge in [-0.1, -0.05) is 12.1 Å². The summed E-state index contributed by atoms with van der Waals surface area (Å²) in [4.78, 5) is 4.71. The van der Waals surface area contributed by atoms with Crippen LogP contribution < -0.4 is 5.73 Å². The number of hydrogen-bond acceptors (Lipinski definition) is 2. The van der Waals surface area contributed by atoms with Crippen molar-refractivity contribution >= 4 is 11.0 Å². The minimum atomic E-state index is 0.283. The highest BCUT2D eigenvalue weighted by Crippen LogP contribution is 2.33. The molecule has 2 aromatic rings. The van der Waals surface area contributed by atoms with E-state index in [0.29, 0.717) is 0 Å². The average Bonchev–Trinajstić information content (AvgIpc) is 3.07. The van der Waals surface area contributed by atoms with E-state index in [0.717, 1.165) is 23.7 Å². The van der Waals surface area contributed by atoms with Gasteiger partial charge in [0.25, 0.3) is 0 Å². The van der Waals surface area contributed by atoms with Crippen LogP contribution in [-0.4, -0.2) is 15.6 Å². The number of aryl methyl sites for hydroxylation is 2. The van der Waals surface area contributed by atoms with Crippen LogP contribution in [0, 0.1) is 12.8 Å². The van der Waals surface area contributed by atoms with E-state index in [1.54, 1.807) is 0 Å². The van der Waals surface area contributed by atoms with Crippen molar-refractivity contribution in [3.05, 3.63) is 29.6 Å². The molecule has 0 radical (unpaired) electrons. The second-order valence-electron chi connectivity index (χ2n) is 5.24. The fraction of sp³-hybridized carbons (Fsp3) is 0.500. The van der Waals surface area contributed by atoms with Crippen LogP contribution in [0.2, 0.25) is 0 Å². The van der Waals surface area contributed by atoms with Crippen LogP contribution in [0.1, 0.15) is 24.2 Å². The molecule has 1 aromatic carbocycles. The molecule has 1 fully saturated rings. The fourth-order valence-electron chi connectivity index (χ4n) is 2.60. The summed E-state index contributed by atoms with van der Waals surface area (Å²) in [6.07, 6.45) is 3.49. The van der Waals surface area contributed by atoms with Crippen molar-refractivity contribution in [1.82, 2.24) is 9.55 Å². The first-order valence-electron chi connectivity index (χ1n) is 6.33. The highest BCUT2D eigenvalue weighted by molar-refractivity contribution is 5.79. The summed E-state index contributed by atoms with van der Waals surface area (Å²) in [6, 6.07) is 6.56. The first-order valence-corrected chi connectivity index (χ1v) is 6.33. The molecule has 1 aliphatic carbocycles. The van der Waals surface area contributed by atoms with Crippen molar-refractivity contribution in [2.45, 2.75) is 32.2 Å². The van der Waals surface area contributed by atoms with E-state index < -0.39 is 0 Å². The normalized spacial score (nSPS) is 17.6. The van der Waals surface area contributed by atoms with Crippen LogP contribution in [0.4, 0.5) is 0 Å². The van der Waals surface area contributed by atoms with Crippen LogP contribution in [0.5, 0.6) is 0 Å². The molecule has 1 aromatic heterocycles. The lowest BCUT2D eigenvalue weighted by Crippen LogP contribution is -2.26. The molecule has 1 unspecified atom stereocenters. The maximum absolute atomic E-state index is 6.19. The maximum atomic E-state index is 6.19. The molecule has 0 amide bonds. The lowest BCUT2D eigenvalue weighted by molar-refractivity contribution is 0.566. The van der Waals surface area contributed by atoms with E-state index in [9.17, 15) is 0 Å². The molecule has 1 atom stereocenters. The molecule has 1 saturated carbocycles. The average molecular weight is 229 g/mol. The topological polar surface area (TPSA) is 43.8 Å². The van der Waals surface area contributed by atoms with E-state index in [2.05, 4.69) is 36.7 Å². The molecule has 1 aliphatic rings. The summed E-state index contributed by atoms with van der Waals surface area (Å²) < 4.78 is 2.20. The number of nitrogens with two attached hydrogens (primary N) is 1. The molecular formula is C14H19N3. The molecule has 2 N–H and O–H groups in total. The van der Waals surface area contributed by atoms with Crippen LogP contribution in [0.15, 0.2) is 18.2 Å². The van der Waals surface area contributed by atoms with Crippen molar-refractivity contribution in [2.75, 3.05) is 0 Å². The number of para-hydroxylation sites is 1. The quantitative estimate of drug-likeness (QED) is 0.876. The highest BCUT2D eigenvalue weighted by Gasteiger charge is 2.29. The van der Waals surface area contributed by atoms with E-state index >= 15 is 0 Å². The minimum absolute atomic E-state index is 0.283. The maximum Gasteiger partial charge on any atom is 0.111 e. The van der Waals surface area contributed by atoms with Crippen LogP contribution in [0.25, 0.3) is 11.0 Å². The van der Waals surface area contributed by atoms with Crippen molar-refractivity contribution in [3.8, 4) is 0 Å². The number of nitrogens with zero attached hydrogens (tertiary/aromatic N) is 2. The summed E-state index contributed by atoms with van der Waals surface area (Å²) in [7, 11) is 2.09. The van der Waals surface area contributed by atoms with E-state index in [4.69, 9.17) is 10.7 Å². The first kappa shape index (κ1) is 10.8. The third-order valence-corrected chi connectivity index (χ3v) is 3.83. The summed E-state index contributed by atoms with van der Waals surface area (Å²) >= 11 is 0. The Hall–Kier alpha value is -1.35. The van der Waals surface area contributed by atoms with Crippen LogP contribution >= 0.6 is 0 Å². The predicted octanol–water partition coefficient (Wildman–Crippen LogP) is 2.16. The van der Waals surface area contributed by atoms with Crippen molar-refractivity contribution < 1.29 is 0 Å². The Labute approximate surface area is 102 Å². The molecule has 3 nitrogen and oxygen atoms in total. The Balaban J connectivity index is 1.99. The molecule has 0 spiro atoms. The zero-order valence-electron chi connectivity index (χ0n) is 10.5. The third kappa shape index (κ3) is 1.84. The summed E-state index contributed by atoms with van der Waals surface area (Å²) in [6.45, 7) is 2.13. The zero-order valence-corrected chi connectivity index (χ0v) is 10.5. The van der Waals surface area contributed by atoms with Gasteiger partial charge in [0.15, 0.2) is 0 Å². The van der Waals surface area contributed by atoms with Gasteiger partial charge < -0.3 is 10.3 Å². The molecule has 3 heteroatoms. The summed E-state index contributed by atoms with van der Waals surface area (Å²) in [5.41, 5.74) is 9.80. The number of aromatic nitrogens is 2. The Kier molecular flexibility index (Phi) is 2.44. The molecule has 0 aliphatic heterocycles. The van der Waals surface area contributed by atoms with Gasteiger partial charge in [0.1, 0.15) is 5.82 Å². The molecule has 0 saturated heterocycles. The monoisotopic (exact) mass is 229 g/mol. The standard InChI is InChI=1S/C14H19N3/c1-9-4-3-5-12-14(9)17(2)13(16-12)8-11(15)10-6-7-10/h3-5,10-11H,6-8,15H2,1-2H3. The van der Waals surface area contributed by atoms with Gasteiger partial charge in [-0.15, -0.1) is 0 Å². The molecule has 17 heavy (non-hydrogen) atoms. The minimum Gasteiger partial charge on any atom is -0.331 e. The summed E-state index contributed by atoms with van der Waals surface area (Å²) in [5.74, 6) is 1.85. The fourth-order valence-corrected chi connectivity index (χ4v) is 2.60. The van der Waals surface area contributed by atoms with E-state index in [1.165, 1.54) is 23.9 Å². The third-order valence-electron chi connectivity index (χ3n) is 3.83. The lowest BCUT2D eigenvalue weighted by Gasteiger charge is -2.09. The van der Waals surface area contributed by atoms with Crippen LogP contribution in [-0.2, 0) is 13.5 Å².